The summed E-state index contributed by atoms with van der Waals surface area (Å²) in [7, 11) is 0. The zero-order valence-corrected chi connectivity index (χ0v) is 12.8. The number of carbonyl (C=O) groups excluding carboxylic acids is 1. The lowest BCUT2D eigenvalue weighted by atomic mass is 9.98. The van der Waals surface area contributed by atoms with E-state index in [1.54, 1.807) is 18.6 Å². The van der Waals surface area contributed by atoms with Crippen LogP contribution in [0.25, 0.3) is 6.08 Å². The Morgan fingerprint density at radius 3 is 2.86 bits per heavy atom. The first-order valence-electron chi connectivity index (χ1n) is 7.30. The molecule has 1 atom stereocenters. The molecule has 1 aromatic rings. The van der Waals surface area contributed by atoms with Crippen LogP contribution in [0.5, 0.6) is 0 Å². The lowest BCUT2D eigenvalue weighted by molar-refractivity contribution is -0.120. The molecule has 0 aromatic carbocycles. The molecule has 0 spiro atoms. The number of allylic oxidation sites excluding steroid dienone is 1. The average Bonchev–Trinajstić information content (AvgIpc) is 3.06. The molecule has 3 heterocycles. The van der Waals surface area contributed by atoms with Crippen molar-refractivity contribution in [3.8, 4) is 0 Å². The number of amides is 1. The van der Waals surface area contributed by atoms with Crippen LogP contribution in [0.2, 0.25) is 0 Å². The van der Waals surface area contributed by atoms with Gasteiger partial charge in [-0.05, 0) is 30.5 Å². The normalized spacial score (nSPS) is 22.2. The van der Waals surface area contributed by atoms with E-state index in [9.17, 15) is 4.79 Å². The molecule has 114 valence electrons. The standard InChI is InChI=1S/C16H19N5O/c1-9(2)11-6-10(3)20-13(11)7-14-15(18-5-4-17-14)12-8-19-21-16(12)22/h4-9,12,17,20H,1-3H3,(H,21,22). The Hall–Kier alpha value is -2.63. The van der Waals surface area contributed by atoms with E-state index in [0.717, 1.165) is 17.1 Å². The molecule has 0 bridgehead atoms. The summed E-state index contributed by atoms with van der Waals surface area (Å²) in [6, 6.07) is 2.15. The Labute approximate surface area is 129 Å². The van der Waals surface area contributed by atoms with Crippen molar-refractivity contribution in [2.45, 2.75) is 26.7 Å². The van der Waals surface area contributed by atoms with Crippen LogP contribution in [0.4, 0.5) is 0 Å². The molecule has 1 unspecified atom stereocenters. The monoisotopic (exact) mass is 297 g/mol. The molecular formula is C16H19N5O. The number of hydrogen-bond donors (Lipinski definition) is 3. The van der Waals surface area contributed by atoms with Gasteiger partial charge in [0.2, 0.25) is 0 Å². The molecule has 0 fully saturated rings. The second-order valence-electron chi connectivity index (χ2n) is 5.74. The molecule has 3 N–H and O–H groups in total. The summed E-state index contributed by atoms with van der Waals surface area (Å²) in [6.45, 7) is 6.35. The largest absolute Gasteiger partial charge is 0.359 e. The van der Waals surface area contributed by atoms with Crippen LogP contribution in [0.3, 0.4) is 0 Å². The molecule has 6 nitrogen and oxygen atoms in total. The lowest BCUT2D eigenvalue weighted by Gasteiger charge is -2.16. The van der Waals surface area contributed by atoms with Gasteiger partial charge in [-0.25, -0.2) is 5.43 Å². The van der Waals surface area contributed by atoms with Gasteiger partial charge in [0, 0.05) is 30.0 Å². The highest BCUT2D eigenvalue weighted by atomic mass is 16.2. The maximum atomic E-state index is 11.8. The Balaban J connectivity index is 1.99. The minimum absolute atomic E-state index is 0.159. The number of nitrogens with one attached hydrogen (secondary N) is 3. The molecule has 1 aromatic heterocycles. The predicted octanol–water partition coefficient (Wildman–Crippen LogP) is 2.03. The summed E-state index contributed by atoms with van der Waals surface area (Å²) < 4.78 is 0. The van der Waals surface area contributed by atoms with E-state index in [2.05, 4.69) is 45.7 Å². The Kier molecular flexibility index (Phi) is 3.66. The summed E-state index contributed by atoms with van der Waals surface area (Å²) in [5.74, 6) is -0.205. The van der Waals surface area contributed by atoms with E-state index in [1.807, 2.05) is 13.0 Å². The second-order valence-corrected chi connectivity index (χ2v) is 5.74. The van der Waals surface area contributed by atoms with Gasteiger partial charge in [-0.2, -0.15) is 5.10 Å². The molecule has 2 aliphatic rings. The van der Waals surface area contributed by atoms with Gasteiger partial charge in [0.15, 0.2) is 0 Å². The SMILES string of the molecule is Cc1cc(C(C)C)c(C=C2NC=CN=C2C2C=NNC2=O)[nH]1. The number of aryl methyl sites for hydroxylation is 1. The Bertz CT molecular complexity index is 721. The molecule has 0 radical (unpaired) electrons. The zero-order valence-electron chi connectivity index (χ0n) is 12.8. The van der Waals surface area contributed by atoms with Crippen LogP contribution in [0.15, 0.2) is 34.3 Å². The highest BCUT2D eigenvalue weighted by Crippen LogP contribution is 2.24. The summed E-state index contributed by atoms with van der Waals surface area (Å²) in [5.41, 5.74) is 7.31. The number of nitrogens with zero attached hydrogens (tertiary/aromatic N) is 2. The van der Waals surface area contributed by atoms with E-state index in [-0.39, 0.29) is 5.91 Å². The van der Waals surface area contributed by atoms with Crippen molar-refractivity contribution in [1.29, 1.82) is 0 Å². The number of H-pyrrole nitrogens is 1. The van der Waals surface area contributed by atoms with E-state index in [0.29, 0.717) is 11.6 Å². The molecule has 1 amide bonds. The average molecular weight is 297 g/mol. The van der Waals surface area contributed by atoms with Gasteiger partial charge in [-0.15, -0.1) is 0 Å². The lowest BCUT2D eigenvalue weighted by Crippen LogP contribution is -2.32. The van der Waals surface area contributed by atoms with Crippen LogP contribution >= 0.6 is 0 Å². The fourth-order valence-corrected chi connectivity index (χ4v) is 2.63. The smallest absolute Gasteiger partial charge is 0.254 e. The van der Waals surface area contributed by atoms with Crippen LogP contribution in [-0.2, 0) is 4.79 Å². The topological polar surface area (TPSA) is 81.6 Å². The van der Waals surface area contributed by atoms with Crippen molar-refractivity contribution in [1.82, 2.24) is 15.7 Å². The van der Waals surface area contributed by atoms with Crippen molar-refractivity contribution in [2.24, 2.45) is 16.0 Å². The number of hydrazone groups is 1. The number of rotatable bonds is 3. The van der Waals surface area contributed by atoms with Gasteiger partial charge in [0.1, 0.15) is 5.92 Å². The predicted molar refractivity (Wildman–Crippen MR) is 87.4 cm³/mol. The Morgan fingerprint density at radius 1 is 1.36 bits per heavy atom. The number of aromatic amines is 1. The van der Waals surface area contributed by atoms with Crippen LogP contribution < -0.4 is 10.7 Å². The van der Waals surface area contributed by atoms with Crippen molar-refractivity contribution in [3.05, 3.63) is 41.1 Å². The van der Waals surface area contributed by atoms with E-state index in [4.69, 9.17) is 0 Å². The maximum absolute atomic E-state index is 11.8. The first kappa shape index (κ1) is 14.3. The molecule has 2 aliphatic heterocycles. The third-order valence-electron chi connectivity index (χ3n) is 3.70. The third-order valence-corrected chi connectivity index (χ3v) is 3.70. The van der Waals surface area contributed by atoms with Crippen molar-refractivity contribution in [3.63, 3.8) is 0 Å². The fourth-order valence-electron chi connectivity index (χ4n) is 2.63. The van der Waals surface area contributed by atoms with E-state index in [1.165, 1.54) is 5.56 Å². The molecule has 6 heteroatoms. The summed E-state index contributed by atoms with van der Waals surface area (Å²) >= 11 is 0. The number of aromatic nitrogens is 1. The fraction of sp³-hybridized carbons (Fsp3) is 0.312. The molecular weight excluding hydrogens is 278 g/mol. The quantitative estimate of drug-likeness (QED) is 0.798. The molecule has 0 aliphatic carbocycles. The van der Waals surface area contributed by atoms with Crippen LogP contribution in [0.1, 0.15) is 36.7 Å². The van der Waals surface area contributed by atoms with Gasteiger partial charge in [-0.3, -0.25) is 9.79 Å². The molecule has 0 saturated carbocycles. The highest BCUT2D eigenvalue weighted by molar-refractivity contribution is 6.24. The van der Waals surface area contributed by atoms with E-state index >= 15 is 0 Å². The van der Waals surface area contributed by atoms with Gasteiger partial charge < -0.3 is 10.3 Å². The maximum Gasteiger partial charge on any atom is 0.254 e. The third kappa shape index (κ3) is 2.59. The van der Waals surface area contributed by atoms with Crippen molar-refractivity contribution in [2.75, 3.05) is 0 Å². The minimum atomic E-state index is -0.456. The highest BCUT2D eigenvalue weighted by Gasteiger charge is 2.29. The van der Waals surface area contributed by atoms with Gasteiger partial charge in [0.05, 0.1) is 11.4 Å². The van der Waals surface area contributed by atoms with Crippen LogP contribution in [-0.4, -0.2) is 22.8 Å². The van der Waals surface area contributed by atoms with Gasteiger partial charge in [-0.1, -0.05) is 13.8 Å². The second kappa shape index (κ2) is 5.63. The van der Waals surface area contributed by atoms with Gasteiger partial charge >= 0.3 is 0 Å². The van der Waals surface area contributed by atoms with E-state index < -0.39 is 5.92 Å². The zero-order chi connectivity index (χ0) is 15.7. The van der Waals surface area contributed by atoms with Crippen LogP contribution in [0, 0.1) is 12.8 Å². The molecule has 3 rings (SSSR count). The summed E-state index contributed by atoms with van der Waals surface area (Å²) in [4.78, 5) is 19.6. The Morgan fingerprint density at radius 2 is 2.18 bits per heavy atom. The molecule has 0 saturated heterocycles. The summed E-state index contributed by atoms with van der Waals surface area (Å²) in [6.07, 6.45) is 6.99. The van der Waals surface area contributed by atoms with Gasteiger partial charge in [0.25, 0.3) is 5.91 Å². The summed E-state index contributed by atoms with van der Waals surface area (Å²) in [5, 5.41) is 7.00. The van der Waals surface area contributed by atoms with Crippen molar-refractivity contribution >= 4 is 23.9 Å². The van der Waals surface area contributed by atoms with Crippen molar-refractivity contribution < 1.29 is 4.79 Å². The minimum Gasteiger partial charge on any atom is -0.359 e. The number of hydrogen-bond acceptors (Lipinski definition) is 4. The first-order valence-corrected chi connectivity index (χ1v) is 7.30. The first-order chi connectivity index (χ1) is 10.6. The number of carbonyl (C=O) groups is 1. The number of aliphatic imine (C=N–C) groups is 1. The molecule has 22 heavy (non-hydrogen) atoms.